The van der Waals surface area contributed by atoms with E-state index in [1.807, 2.05) is 19.9 Å². The Balaban J connectivity index is 1.66. The molecule has 4 N–H and O–H groups in total. The summed E-state index contributed by atoms with van der Waals surface area (Å²) in [7, 11) is 0. The van der Waals surface area contributed by atoms with E-state index in [0.29, 0.717) is 5.92 Å². The molecular formula is C22H29N3O2. The maximum absolute atomic E-state index is 12.1. The number of benzene rings is 2. The average molecular weight is 367 g/mol. The van der Waals surface area contributed by atoms with Gasteiger partial charge < -0.3 is 5.73 Å². The second kappa shape index (κ2) is 8.21. The van der Waals surface area contributed by atoms with Gasteiger partial charge in [0, 0.05) is 5.54 Å². The van der Waals surface area contributed by atoms with Crippen LogP contribution in [-0.4, -0.2) is 40.7 Å². The fourth-order valence-corrected chi connectivity index (χ4v) is 4.10. The van der Waals surface area contributed by atoms with Crippen LogP contribution in [0.2, 0.25) is 0 Å². The number of carbonyl (C=O) groups is 1. The summed E-state index contributed by atoms with van der Waals surface area (Å²) in [5, 5.41) is 9.07. The normalized spacial score (nSPS) is 17.5. The van der Waals surface area contributed by atoms with Crippen molar-refractivity contribution in [3.63, 3.8) is 0 Å². The Morgan fingerprint density at radius 2 is 1.63 bits per heavy atom. The molecule has 27 heavy (non-hydrogen) atoms. The fraction of sp³-hybridized carbons (Fsp3) is 0.409. The zero-order valence-electron chi connectivity index (χ0n) is 16.1. The first-order valence-corrected chi connectivity index (χ1v) is 9.52. The first-order chi connectivity index (χ1) is 12.9. The van der Waals surface area contributed by atoms with E-state index in [-0.39, 0.29) is 0 Å². The SMILES string of the molecule is CC(C)(N)C(C(=O)NO)N1CCC(c2ccc(-c3ccccc3)cc2)CC1. The van der Waals surface area contributed by atoms with Gasteiger partial charge >= 0.3 is 0 Å². The molecule has 1 fully saturated rings. The molecule has 5 nitrogen and oxygen atoms in total. The minimum Gasteiger partial charge on any atom is -0.324 e. The molecule has 1 saturated heterocycles. The summed E-state index contributed by atoms with van der Waals surface area (Å²) in [6, 6.07) is 18.6. The molecule has 1 aliphatic heterocycles. The Bertz CT molecular complexity index is 745. The van der Waals surface area contributed by atoms with Crippen LogP contribution < -0.4 is 11.2 Å². The summed E-state index contributed by atoms with van der Waals surface area (Å²) in [5.74, 6) is 0.0398. The Labute approximate surface area is 161 Å². The van der Waals surface area contributed by atoms with Gasteiger partial charge in [0.1, 0.15) is 6.04 Å². The quantitative estimate of drug-likeness (QED) is 0.560. The van der Waals surface area contributed by atoms with Crippen LogP contribution in [0.25, 0.3) is 11.1 Å². The van der Waals surface area contributed by atoms with Gasteiger partial charge in [0.05, 0.1) is 0 Å². The minimum atomic E-state index is -0.725. The highest BCUT2D eigenvalue weighted by atomic mass is 16.5. The number of nitrogens with two attached hydrogens (primary N) is 1. The number of nitrogens with one attached hydrogen (secondary N) is 1. The Morgan fingerprint density at radius 3 is 2.15 bits per heavy atom. The third kappa shape index (κ3) is 4.56. The van der Waals surface area contributed by atoms with Crippen molar-refractivity contribution < 1.29 is 10.0 Å². The zero-order valence-corrected chi connectivity index (χ0v) is 16.1. The second-order valence-electron chi connectivity index (χ2n) is 8.00. The fourth-order valence-electron chi connectivity index (χ4n) is 4.10. The molecule has 0 aliphatic carbocycles. The summed E-state index contributed by atoms with van der Waals surface area (Å²) in [4.78, 5) is 14.2. The minimum absolute atomic E-state index is 0.437. The predicted molar refractivity (Wildman–Crippen MR) is 107 cm³/mol. The molecule has 0 bridgehead atoms. The molecule has 3 rings (SSSR count). The number of hydrogen-bond donors (Lipinski definition) is 3. The summed E-state index contributed by atoms with van der Waals surface area (Å²) < 4.78 is 0. The Kier molecular flexibility index (Phi) is 5.95. The Morgan fingerprint density at radius 1 is 1.07 bits per heavy atom. The van der Waals surface area contributed by atoms with E-state index in [4.69, 9.17) is 10.9 Å². The van der Waals surface area contributed by atoms with Crippen LogP contribution in [0, 0.1) is 0 Å². The highest BCUT2D eigenvalue weighted by Crippen LogP contribution is 2.31. The van der Waals surface area contributed by atoms with E-state index >= 15 is 0 Å². The number of piperidine rings is 1. The molecule has 2 aromatic carbocycles. The molecule has 5 heteroatoms. The van der Waals surface area contributed by atoms with Crippen LogP contribution in [0.4, 0.5) is 0 Å². The van der Waals surface area contributed by atoms with Crippen LogP contribution in [0.15, 0.2) is 54.6 Å². The summed E-state index contributed by atoms with van der Waals surface area (Å²) in [5.41, 5.74) is 11.0. The van der Waals surface area contributed by atoms with Gasteiger partial charge in [-0.15, -0.1) is 0 Å². The molecule has 1 atom stereocenters. The van der Waals surface area contributed by atoms with Crippen LogP contribution >= 0.6 is 0 Å². The van der Waals surface area contributed by atoms with Gasteiger partial charge in [-0.05, 0) is 62.4 Å². The average Bonchev–Trinajstić information content (AvgIpc) is 2.68. The number of amides is 1. The molecule has 2 aromatic rings. The zero-order chi connectivity index (χ0) is 19.4. The van der Waals surface area contributed by atoms with E-state index in [1.54, 1.807) is 5.48 Å². The van der Waals surface area contributed by atoms with Gasteiger partial charge in [-0.25, -0.2) is 5.48 Å². The van der Waals surface area contributed by atoms with Crippen molar-refractivity contribution in [2.75, 3.05) is 13.1 Å². The molecule has 0 saturated carbocycles. The molecule has 0 spiro atoms. The van der Waals surface area contributed by atoms with Gasteiger partial charge in [0.15, 0.2) is 0 Å². The number of rotatable bonds is 5. The van der Waals surface area contributed by atoms with Crippen molar-refractivity contribution in [2.45, 2.75) is 44.2 Å². The van der Waals surface area contributed by atoms with E-state index < -0.39 is 17.5 Å². The number of hydrogen-bond acceptors (Lipinski definition) is 4. The highest BCUT2D eigenvalue weighted by molar-refractivity contribution is 5.82. The van der Waals surface area contributed by atoms with E-state index in [9.17, 15) is 4.79 Å². The molecular weight excluding hydrogens is 338 g/mol. The van der Waals surface area contributed by atoms with E-state index in [0.717, 1.165) is 25.9 Å². The lowest BCUT2D eigenvalue weighted by Crippen LogP contribution is -2.62. The first kappa shape index (κ1) is 19.5. The standard InChI is InChI=1S/C22H29N3O2/c1-22(2,23)20(21(26)24-27)25-14-12-19(13-15-25)18-10-8-17(9-11-18)16-6-4-3-5-7-16/h3-11,19-20,27H,12-15,23H2,1-2H3,(H,24,26). The molecule has 1 amide bonds. The molecule has 144 valence electrons. The molecule has 0 radical (unpaired) electrons. The lowest BCUT2D eigenvalue weighted by Gasteiger charge is -2.42. The van der Waals surface area contributed by atoms with Crippen LogP contribution in [0.1, 0.15) is 38.2 Å². The smallest absolute Gasteiger partial charge is 0.262 e. The predicted octanol–water partition coefficient (Wildman–Crippen LogP) is 3.14. The number of nitrogens with zero attached hydrogens (tertiary/aromatic N) is 1. The monoisotopic (exact) mass is 367 g/mol. The maximum atomic E-state index is 12.1. The molecule has 1 aliphatic rings. The highest BCUT2D eigenvalue weighted by Gasteiger charge is 2.38. The van der Waals surface area contributed by atoms with E-state index in [1.165, 1.54) is 16.7 Å². The van der Waals surface area contributed by atoms with Crippen molar-refractivity contribution in [3.8, 4) is 11.1 Å². The summed E-state index contributed by atoms with van der Waals surface area (Å²) in [6.45, 7) is 5.20. The maximum Gasteiger partial charge on any atom is 0.262 e. The van der Waals surface area contributed by atoms with E-state index in [2.05, 4.69) is 53.4 Å². The van der Waals surface area contributed by atoms with Crippen molar-refractivity contribution >= 4 is 5.91 Å². The number of likely N-dealkylation sites (tertiary alicyclic amines) is 1. The number of carbonyl (C=O) groups excluding carboxylic acids is 1. The molecule has 0 aromatic heterocycles. The number of hydroxylamine groups is 1. The largest absolute Gasteiger partial charge is 0.324 e. The van der Waals surface area contributed by atoms with Crippen LogP contribution in [0.3, 0.4) is 0 Å². The summed E-state index contributed by atoms with van der Waals surface area (Å²) in [6.07, 6.45) is 1.94. The van der Waals surface area contributed by atoms with Crippen molar-refractivity contribution in [2.24, 2.45) is 5.73 Å². The Hall–Kier alpha value is -2.21. The lowest BCUT2D eigenvalue weighted by atomic mass is 9.85. The van der Waals surface area contributed by atoms with Crippen molar-refractivity contribution in [1.29, 1.82) is 0 Å². The van der Waals surface area contributed by atoms with Gasteiger partial charge in [-0.1, -0.05) is 54.6 Å². The summed E-state index contributed by atoms with van der Waals surface area (Å²) >= 11 is 0. The topological polar surface area (TPSA) is 78.6 Å². The van der Waals surface area contributed by atoms with Crippen molar-refractivity contribution in [1.82, 2.24) is 10.4 Å². The molecule has 1 unspecified atom stereocenters. The van der Waals surface area contributed by atoms with Crippen LogP contribution in [-0.2, 0) is 4.79 Å². The van der Waals surface area contributed by atoms with Gasteiger partial charge in [0.25, 0.3) is 5.91 Å². The molecule has 1 heterocycles. The van der Waals surface area contributed by atoms with Gasteiger partial charge in [-0.2, -0.15) is 0 Å². The van der Waals surface area contributed by atoms with Gasteiger partial charge in [0.2, 0.25) is 0 Å². The first-order valence-electron chi connectivity index (χ1n) is 9.52. The van der Waals surface area contributed by atoms with Crippen LogP contribution in [0.5, 0.6) is 0 Å². The third-order valence-electron chi connectivity index (χ3n) is 5.45. The third-order valence-corrected chi connectivity index (χ3v) is 5.45. The van der Waals surface area contributed by atoms with Crippen molar-refractivity contribution in [3.05, 3.63) is 60.2 Å². The lowest BCUT2D eigenvalue weighted by molar-refractivity contribution is -0.137. The second-order valence-corrected chi connectivity index (χ2v) is 8.00. The van der Waals surface area contributed by atoms with Gasteiger partial charge in [-0.3, -0.25) is 14.9 Å².